The van der Waals surface area contributed by atoms with Gasteiger partial charge < -0.3 is 0 Å². The molecule has 0 aromatic carbocycles. The summed E-state index contributed by atoms with van der Waals surface area (Å²) in [5, 5.41) is 3.42. The third-order valence-corrected chi connectivity index (χ3v) is 4.53. The average molecular weight is 265 g/mol. The first-order valence-electron chi connectivity index (χ1n) is 5.41. The van der Waals surface area contributed by atoms with Gasteiger partial charge in [0.15, 0.2) is 0 Å². The van der Waals surface area contributed by atoms with Crippen molar-refractivity contribution in [1.29, 1.82) is 0 Å². The van der Waals surface area contributed by atoms with Crippen LogP contribution in [0.1, 0.15) is 11.8 Å². The summed E-state index contributed by atoms with van der Waals surface area (Å²) in [6.07, 6.45) is 2.05. The number of nitrogens with zero attached hydrogens (tertiary/aromatic N) is 1. The van der Waals surface area contributed by atoms with Gasteiger partial charge in [-0.15, -0.1) is 23.1 Å². The smallest absolute Gasteiger partial charge is 0.266 e. The highest BCUT2D eigenvalue weighted by Crippen LogP contribution is 2.46. The minimum Gasteiger partial charge on any atom is -0.266 e. The molecule has 0 spiro atoms. The monoisotopic (exact) mass is 265 g/mol. The highest BCUT2D eigenvalue weighted by Gasteiger charge is 2.39. The van der Waals surface area contributed by atoms with E-state index in [4.69, 9.17) is 4.84 Å². The standard InChI is InChI=1S/C12H11NO2S2/c1-2-15-13-8-5-7-17-11(8)10(12(13)14)9-4-3-6-16-9/h3-6H,2,7H2,1H3. The molecule has 2 aliphatic heterocycles. The van der Waals surface area contributed by atoms with E-state index in [0.29, 0.717) is 6.61 Å². The van der Waals surface area contributed by atoms with E-state index in [9.17, 15) is 4.79 Å². The predicted octanol–water partition coefficient (Wildman–Crippen LogP) is 2.88. The van der Waals surface area contributed by atoms with Gasteiger partial charge in [-0.1, -0.05) is 6.07 Å². The van der Waals surface area contributed by atoms with Crippen LogP contribution in [0.4, 0.5) is 0 Å². The maximum atomic E-state index is 12.3. The molecule has 2 aliphatic rings. The molecule has 3 nitrogen and oxygen atoms in total. The third-order valence-electron chi connectivity index (χ3n) is 2.61. The Bertz CT molecular complexity index is 517. The molecule has 1 aromatic rings. The lowest BCUT2D eigenvalue weighted by atomic mass is 10.2. The van der Waals surface area contributed by atoms with Gasteiger partial charge in [0.05, 0.1) is 17.9 Å². The lowest BCUT2D eigenvalue weighted by Crippen LogP contribution is -2.25. The molecule has 5 heteroatoms. The van der Waals surface area contributed by atoms with Crippen molar-refractivity contribution in [3.63, 3.8) is 0 Å². The Morgan fingerprint density at radius 2 is 2.41 bits per heavy atom. The molecule has 0 aliphatic carbocycles. The minimum atomic E-state index is -0.0391. The van der Waals surface area contributed by atoms with Gasteiger partial charge in [-0.25, -0.2) is 0 Å². The first-order chi connectivity index (χ1) is 8.33. The Morgan fingerprint density at radius 1 is 1.53 bits per heavy atom. The summed E-state index contributed by atoms with van der Waals surface area (Å²) in [6.45, 7) is 2.39. The van der Waals surface area contributed by atoms with E-state index in [1.165, 1.54) is 5.06 Å². The van der Waals surface area contributed by atoms with Gasteiger partial charge in [-0.05, 0) is 24.4 Å². The van der Waals surface area contributed by atoms with Crippen LogP contribution >= 0.6 is 23.1 Å². The number of hydroxylamine groups is 2. The van der Waals surface area contributed by atoms with Crippen molar-refractivity contribution in [2.24, 2.45) is 0 Å². The van der Waals surface area contributed by atoms with Gasteiger partial charge in [0.1, 0.15) is 0 Å². The van der Waals surface area contributed by atoms with Crippen LogP contribution in [0.15, 0.2) is 34.2 Å². The molecule has 3 heterocycles. The molecular weight excluding hydrogens is 254 g/mol. The van der Waals surface area contributed by atoms with Crippen molar-refractivity contribution in [1.82, 2.24) is 5.06 Å². The molecule has 0 fully saturated rings. The number of fused-ring (bicyclic) bond motifs is 1. The second-order valence-electron chi connectivity index (χ2n) is 3.60. The Labute approximate surface area is 108 Å². The topological polar surface area (TPSA) is 29.5 Å². The van der Waals surface area contributed by atoms with Crippen LogP contribution in [0.2, 0.25) is 0 Å². The van der Waals surface area contributed by atoms with Gasteiger partial charge in [0.25, 0.3) is 5.91 Å². The second kappa shape index (κ2) is 4.33. The summed E-state index contributed by atoms with van der Waals surface area (Å²) in [6, 6.07) is 3.95. The van der Waals surface area contributed by atoms with Crippen molar-refractivity contribution < 1.29 is 9.63 Å². The maximum Gasteiger partial charge on any atom is 0.284 e. The van der Waals surface area contributed by atoms with Gasteiger partial charge in [-0.2, -0.15) is 5.06 Å². The van der Waals surface area contributed by atoms with Crippen molar-refractivity contribution in [2.75, 3.05) is 12.4 Å². The van der Waals surface area contributed by atoms with E-state index in [0.717, 1.165) is 26.8 Å². The van der Waals surface area contributed by atoms with Crippen molar-refractivity contribution in [3.8, 4) is 0 Å². The number of thiophene rings is 1. The summed E-state index contributed by atoms with van der Waals surface area (Å²) in [4.78, 5) is 19.8. The highest BCUT2D eigenvalue weighted by atomic mass is 32.2. The van der Waals surface area contributed by atoms with Crippen LogP contribution in [-0.2, 0) is 9.63 Å². The Balaban J connectivity index is 2.06. The fraction of sp³-hybridized carbons (Fsp3) is 0.250. The number of carbonyl (C=O) groups excluding carboxylic acids is 1. The Hall–Kier alpha value is -1.04. The SMILES string of the molecule is CCON1C(=O)C(c2cccs2)=C2SCC=C21. The average Bonchev–Trinajstić information content (AvgIpc) is 2.99. The zero-order valence-corrected chi connectivity index (χ0v) is 10.9. The molecule has 0 bridgehead atoms. The summed E-state index contributed by atoms with van der Waals surface area (Å²) in [7, 11) is 0. The largest absolute Gasteiger partial charge is 0.284 e. The quantitative estimate of drug-likeness (QED) is 0.841. The number of hydrogen-bond acceptors (Lipinski definition) is 4. The fourth-order valence-corrected chi connectivity index (χ4v) is 3.85. The van der Waals surface area contributed by atoms with Crippen molar-refractivity contribution in [3.05, 3.63) is 39.1 Å². The number of thioether (sulfide) groups is 1. The van der Waals surface area contributed by atoms with E-state index in [-0.39, 0.29) is 5.91 Å². The molecule has 3 rings (SSSR count). The minimum absolute atomic E-state index is 0.0391. The normalized spacial score (nSPS) is 19.0. The number of amides is 1. The van der Waals surface area contributed by atoms with Crippen LogP contribution in [-0.4, -0.2) is 23.3 Å². The molecule has 0 N–H and O–H groups in total. The Morgan fingerprint density at radius 3 is 3.12 bits per heavy atom. The zero-order valence-electron chi connectivity index (χ0n) is 9.30. The highest BCUT2D eigenvalue weighted by molar-refractivity contribution is 8.04. The van der Waals surface area contributed by atoms with Crippen LogP contribution in [0.5, 0.6) is 0 Å². The first-order valence-corrected chi connectivity index (χ1v) is 7.28. The van der Waals surface area contributed by atoms with Crippen molar-refractivity contribution in [2.45, 2.75) is 6.92 Å². The lowest BCUT2D eigenvalue weighted by Gasteiger charge is -2.15. The molecule has 0 saturated heterocycles. The molecule has 1 aromatic heterocycles. The molecule has 17 heavy (non-hydrogen) atoms. The van der Waals surface area contributed by atoms with Crippen LogP contribution < -0.4 is 0 Å². The van der Waals surface area contributed by atoms with Crippen LogP contribution in [0.25, 0.3) is 5.57 Å². The fourth-order valence-electron chi connectivity index (χ4n) is 1.95. The third kappa shape index (κ3) is 1.66. The van der Waals surface area contributed by atoms with E-state index >= 15 is 0 Å². The van der Waals surface area contributed by atoms with Crippen LogP contribution in [0.3, 0.4) is 0 Å². The molecular formula is C12H11NO2S2. The lowest BCUT2D eigenvalue weighted by molar-refractivity contribution is -0.163. The summed E-state index contributed by atoms with van der Waals surface area (Å²) in [5.74, 6) is 0.874. The Kier molecular flexibility index (Phi) is 2.82. The molecule has 1 amide bonds. The first kappa shape index (κ1) is 11.1. The van der Waals surface area contributed by atoms with Gasteiger partial charge in [-0.3, -0.25) is 9.63 Å². The molecule has 0 radical (unpaired) electrons. The summed E-state index contributed by atoms with van der Waals surface area (Å²) in [5.41, 5.74) is 1.72. The van der Waals surface area contributed by atoms with Crippen molar-refractivity contribution >= 4 is 34.6 Å². The van der Waals surface area contributed by atoms with E-state index < -0.39 is 0 Å². The summed E-state index contributed by atoms with van der Waals surface area (Å²) >= 11 is 3.30. The van der Waals surface area contributed by atoms with E-state index in [1.54, 1.807) is 23.1 Å². The van der Waals surface area contributed by atoms with Gasteiger partial charge in [0, 0.05) is 15.5 Å². The van der Waals surface area contributed by atoms with E-state index in [2.05, 4.69) is 0 Å². The van der Waals surface area contributed by atoms with Gasteiger partial charge >= 0.3 is 0 Å². The number of hydrogen-bond donors (Lipinski definition) is 0. The zero-order chi connectivity index (χ0) is 11.8. The summed E-state index contributed by atoms with van der Waals surface area (Å²) < 4.78 is 0. The molecule has 0 saturated carbocycles. The van der Waals surface area contributed by atoms with Crippen LogP contribution in [0, 0.1) is 0 Å². The van der Waals surface area contributed by atoms with E-state index in [1.807, 2.05) is 30.5 Å². The maximum absolute atomic E-state index is 12.3. The molecule has 0 atom stereocenters. The number of carbonyl (C=O) groups is 1. The number of rotatable bonds is 3. The molecule has 88 valence electrons. The second-order valence-corrected chi connectivity index (χ2v) is 5.58. The molecule has 0 unspecified atom stereocenters. The van der Waals surface area contributed by atoms with Gasteiger partial charge in [0.2, 0.25) is 0 Å². The predicted molar refractivity (Wildman–Crippen MR) is 70.3 cm³/mol.